The molecule has 0 amide bonds. The molecular weight excluding hydrogens is 525 g/mol. The first-order valence-electron chi connectivity index (χ1n) is 8.96. The second-order valence-corrected chi connectivity index (χ2v) is 12.3. The Balaban J connectivity index is 1.36. The number of imidazole rings is 1. The Hall–Kier alpha value is -1.02. The predicted octanol–water partition coefficient (Wildman–Crippen LogP) is -1.43. The van der Waals surface area contributed by atoms with Gasteiger partial charge >= 0.3 is 58.7 Å². The maximum atomic E-state index is 13.1. The average molecular weight is 532 g/mol. The van der Waals surface area contributed by atoms with Crippen molar-refractivity contribution in [2.75, 3.05) is 11.7 Å². The fourth-order valence-electron chi connectivity index (χ4n) is 4.98. The molecule has 33 heavy (non-hydrogen) atoms. The highest BCUT2D eigenvalue weighted by atomic mass is 31.2. The van der Waals surface area contributed by atoms with E-state index in [1.165, 1.54) is 5.06 Å². The third kappa shape index (κ3) is 1.64. The number of aliphatic hydroxyl groups is 3. The van der Waals surface area contributed by atoms with E-state index in [1.54, 1.807) is 0 Å². The number of phosphoric acid groups is 3. The molecule has 0 aliphatic carbocycles. The molecule has 23 heteroatoms. The fourth-order valence-corrected chi connectivity index (χ4v) is 9.48. The zero-order valence-electron chi connectivity index (χ0n) is 15.2. The smallest absolute Gasteiger partial charge is 0.367 e. The van der Waals surface area contributed by atoms with Crippen LogP contribution in [0, 0.1) is 0 Å². The van der Waals surface area contributed by atoms with Crippen molar-refractivity contribution in [1.82, 2.24) is 14.6 Å². The van der Waals surface area contributed by atoms with Gasteiger partial charge in [-0.1, -0.05) is 0 Å². The van der Waals surface area contributed by atoms with Crippen LogP contribution in [0.3, 0.4) is 0 Å². The Morgan fingerprint density at radius 3 is 2.30 bits per heavy atom. The molecule has 9 aliphatic heterocycles. The third-order valence-corrected chi connectivity index (χ3v) is 10.2. The molecule has 7 saturated heterocycles. The lowest BCUT2D eigenvalue weighted by Crippen LogP contribution is -2.70. The van der Waals surface area contributed by atoms with Gasteiger partial charge in [-0.15, -0.1) is 5.06 Å². The molecule has 7 fully saturated rings. The quantitative estimate of drug-likeness (QED) is 0.352. The van der Waals surface area contributed by atoms with Crippen LogP contribution in [-0.2, 0) is 67.3 Å². The van der Waals surface area contributed by atoms with E-state index in [1.807, 2.05) is 0 Å². The Labute approximate surface area is 178 Å². The highest BCUT2D eigenvalue weighted by molar-refractivity contribution is 7.50. The summed E-state index contributed by atoms with van der Waals surface area (Å²) in [4.78, 5) is 4.15. The summed E-state index contributed by atoms with van der Waals surface area (Å²) in [5.74, 6) is -16.1. The molecule has 9 bridgehead atoms. The Bertz CT molecular complexity index is 1390. The summed E-state index contributed by atoms with van der Waals surface area (Å²) in [6.07, 6.45) is 0. The minimum absolute atomic E-state index is 0.0522. The van der Waals surface area contributed by atoms with Gasteiger partial charge in [0.2, 0.25) is 0 Å². The molecule has 0 aromatic carbocycles. The Morgan fingerprint density at radius 2 is 1.61 bits per heavy atom. The van der Waals surface area contributed by atoms with Gasteiger partial charge < -0.3 is 19.8 Å². The minimum Gasteiger partial charge on any atom is -0.367 e. The number of anilines is 1. The molecule has 3 unspecified atom stereocenters. The summed E-state index contributed by atoms with van der Waals surface area (Å²) in [7, 11) is -13.7. The van der Waals surface area contributed by atoms with Crippen LogP contribution in [0.2, 0.25) is 0 Å². The van der Waals surface area contributed by atoms with Gasteiger partial charge in [0, 0.05) is 0 Å². The maximum absolute atomic E-state index is 13.1. The number of fused-ring (bicyclic) bond motifs is 5. The van der Waals surface area contributed by atoms with Gasteiger partial charge in [-0.05, 0) is 0 Å². The summed E-state index contributed by atoms with van der Waals surface area (Å²) >= 11 is 0. The highest BCUT2D eigenvalue weighted by Crippen LogP contribution is 2.90. The van der Waals surface area contributed by atoms with E-state index < -0.39 is 58.7 Å². The number of ether oxygens (including phenoxy) is 1. The molecule has 0 radical (unpaired) electrons. The number of rotatable bonds is 1. The first kappa shape index (κ1) is 19.2. The normalized spacial score (nSPS) is 62.3. The van der Waals surface area contributed by atoms with Crippen LogP contribution in [0.4, 0.5) is 5.82 Å². The van der Waals surface area contributed by atoms with E-state index in [9.17, 15) is 29.0 Å². The molecule has 9 aliphatic rings. The van der Waals surface area contributed by atoms with Gasteiger partial charge in [0.1, 0.15) is 12.4 Å². The van der Waals surface area contributed by atoms with Crippen LogP contribution < -0.4 is 9.59 Å². The van der Waals surface area contributed by atoms with Crippen molar-refractivity contribution in [2.45, 2.75) is 35.8 Å². The first-order valence-corrected chi connectivity index (χ1v) is 13.3. The van der Waals surface area contributed by atoms with Crippen molar-refractivity contribution in [1.29, 1.82) is 0 Å². The van der Waals surface area contributed by atoms with Crippen molar-refractivity contribution in [3.05, 3.63) is 5.69 Å². The highest BCUT2D eigenvalue weighted by Gasteiger charge is 3.06. The number of hydrogen-bond acceptors (Lipinski definition) is 19. The summed E-state index contributed by atoms with van der Waals surface area (Å²) in [5, 5.41) is 35.8. The lowest BCUT2D eigenvalue weighted by atomic mass is 9.95. The SMILES string of the molecule is O=P12Oc3nc4c(n3[C@]35O[C@@]6(OP7(=O)OC6(O)O7)[C@@]6(O)OP(=O)(O3)O[C@@]56O)N(CN(C4)O1)O2. The molecule has 0 saturated carbocycles. The van der Waals surface area contributed by atoms with Gasteiger partial charge in [0.05, 0.1) is 6.54 Å². The molecule has 1 aromatic rings. The molecule has 10 heterocycles. The van der Waals surface area contributed by atoms with Crippen molar-refractivity contribution < 1.29 is 74.7 Å². The number of phosphoric ester groups is 2. The summed E-state index contributed by atoms with van der Waals surface area (Å²) in [6, 6.07) is -0.616. The van der Waals surface area contributed by atoms with Gasteiger partial charge in [-0.2, -0.15) is 14.2 Å². The number of hydroxylamine groups is 3. The van der Waals surface area contributed by atoms with Crippen molar-refractivity contribution >= 4 is 29.3 Å². The molecule has 7 atom stereocenters. The Morgan fingerprint density at radius 1 is 0.879 bits per heavy atom. The van der Waals surface area contributed by atoms with E-state index in [0.29, 0.717) is 0 Å². The Kier molecular flexibility index (Phi) is 2.66. The molecule has 178 valence electrons. The average Bonchev–Trinajstić information content (AvgIpc) is 3.30. The summed E-state index contributed by atoms with van der Waals surface area (Å²) in [6.45, 7) is -0.199. The van der Waals surface area contributed by atoms with E-state index in [-0.39, 0.29) is 24.7 Å². The predicted molar refractivity (Wildman–Crippen MR) is 83.9 cm³/mol. The minimum atomic E-state index is -4.88. The first-order chi connectivity index (χ1) is 15.3. The van der Waals surface area contributed by atoms with Gasteiger partial charge in [-0.3, -0.25) is 4.74 Å². The second-order valence-electron chi connectivity index (χ2n) is 7.97. The summed E-state index contributed by atoms with van der Waals surface area (Å²) < 4.78 is 90.3. The van der Waals surface area contributed by atoms with Crippen LogP contribution in [0.1, 0.15) is 5.69 Å². The maximum Gasteiger partial charge on any atom is 0.571 e. The monoisotopic (exact) mass is 532 g/mol. The van der Waals surface area contributed by atoms with Gasteiger partial charge in [0.25, 0.3) is 0 Å². The second kappa shape index (κ2) is 4.58. The van der Waals surface area contributed by atoms with E-state index >= 15 is 0 Å². The molecule has 1 spiro atoms. The van der Waals surface area contributed by atoms with Gasteiger partial charge in [-0.25, -0.2) is 50.5 Å². The van der Waals surface area contributed by atoms with Crippen LogP contribution >= 0.6 is 23.5 Å². The topological polar surface area (TPSA) is 228 Å². The van der Waals surface area contributed by atoms with Crippen LogP contribution in [0.5, 0.6) is 6.01 Å². The van der Waals surface area contributed by atoms with Crippen LogP contribution in [0.15, 0.2) is 0 Å². The van der Waals surface area contributed by atoms with E-state index in [2.05, 4.69) is 4.98 Å². The zero-order chi connectivity index (χ0) is 22.7. The molecular formula is C10H7N4O16P3. The lowest BCUT2D eigenvalue weighted by Gasteiger charge is -2.40. The molecule has 10 rings (SSSR count). The van der Waals surface area contributed by atoms with Gasteiger partial charge in [0.15, 0.2) is 5.82 Å². The lowest BCUT2D eigenvalue weighted by molar-refractivity contribution is -0.454. The van der Waals surface area contributed by atoms with Crippen molar-refractivity contribution in [3.63, 3.8) is 0 Å². The zero-order valence-corrected chi connectivity index (χ0v) is 17.9. The van der Waals surface area contributed by atoms with Crippen LogP contribution in [-0.4, -0.2) is 59.9 Å². The number of nitrogens with zero attached hydrogens (tertiary/aromatic N) is 4. The molecule has 1 aromatic heterocycles. The van der Waals surface area contributed by atoms with E-state index in [4.69, 9.17) is 45.7 Å². The summed E-state index contributed by atoms with van der Waals surface area (Å²) in [5.41, 5.74) is 0.148. The van der Waals surface area contributed by atoms with E-state index in [0.717, 1.165) is 9.63 Å². The molecule has 3 N–H and O–H groups in total. The van der Waals surface area contributed by atoms with Crippen LogP contribution in [0.25, 0.3) is 0 Å². The third-order valence-electron chi connectivity index (χ3n) is 6.11. The van der Waals surface area contributed by atoms with Crippen molar-refractivity contribution in [2.24, 2.45) is 0 Å². The number of hydrogen-bond donors (Lipinski definition) is 3. The molecule has 20 nitrogen and oxygen atoms in total. The number of aromatic nitrogens is 2. The van der Waals surface area contributed by atoms with Crippen molar-refractivity contribution in [3.8, 4) is 6.01 Å². The standard InChI is InChI=1S/C10H7N4O16P3/c15-6-7(16)9(26-32(19,23-6)24-7,22-8(6)10(17)27-33(20,25-8)28-10)14-4-3-1-12-2-13(4)30-31(18,29-12)21-5(14)11-3/h15-17H,1-2H2/t6-,7+,8+,9+,10?,31?,32?,33?/m0/s1. The largest absolute Gasteiger partial charge is 0.571 e. The fraction of sp³-hybridized carbons (Fsp3) is 0.700.